The summed E-state index contributed by atoms with van der Waals surface area (Å²) in [5.74, 6) is 0. The molecule has 1 saturated carbocycles. The molecular weight excluding hydrogens is 165 g/mol. The second-order valence-corrected chi connectivity index (χ2v) is 2.72. The summed E-state index contributed by atoms with van der Waals surface area (Å²) in [4.78, 5) is 0. The summed E-state index contributed by atoms with van der Waals surface area (Å²) < 4.78 is 0. The number of aliphatic hydroxyl groups is 1. The molecule has 2 N–H and O–H groups in total. The maximum atomic E-state index is 9.14. The first-order valence-corrected chi connectivity index (χ1v) is 3.53. The minimum Gasteiger partial charge on any atom is -0.470 e. The minimum absolute atomic E-state index is 0. The van der Waals surface area contributed by atoms with Crippen molar-refractivity contribution in [2.75, 3.05) is 0 Å². The van der Waals surface area contributed by atoms with E-state index in [-0.39, 0.29) is 64.9 Å². The summed E-state index contributed by atoms with van der Waals surface area (Å²) in [6.07, 6.45) is 4.06. The molecule has 62 valence electrons. The molecule has 1 aliphatic rings. The van der Waals surface area contributed by atoms with Gasteiger partial charge in [-0.1, -0.05) is 0 Å². The van der Waals surface area contributed by atoms with Crippen LogP contribution in [0.4, 0.5) is 0 Å². The monoisotopic (exact) mass is 182 g/mol. The van der Waals surface area contributed by atoms with E-state index in [1.165, 1.54) is 6.42 Å². The van der Waals surface area contributed by atoms with Crippen LogP contribution in [0.5, 0.6) is 0 Å². The second kappa shape index (κ2) is 8.17. The van der Waals surface area contributed by atoms with Gasteiger partial charge in [-0.2, -0.15) is 0 Å². The van der Waals surface area contributed by atoms with E-state index in [1.807, 2.05) is 0 Å². The number of nitrogens with one attached hydrogen (secondary N) is 1. The summed E-state index contributed by atoms with van der Waals surface area (Å²) >= 11 is 0. The van der Waals surface area contributed by atoms with Crippen LogP contribution in [0.15, 0.2) is 0 Å². The molecule has 1 fully saturated rings. The Balaban J connectivity index is 0. The second-order valence-electron chi connectivity index (χ2n) is 2.72. The van der Waals surface area contributed by atoms with Crippen molar-refractivity contribution in [1.29, 1.82) is 0 Å². The van der Waals surface area contributed by atoms with Gasteiger partial charge >= 0.3 is 51.4 Å². The van der Waals surface area contributed by atoms with Crippen molar-refractivity contribution in [3.63, 3.8) is 0 Å². The van der Waals surface area contributed by atoms with Gasteiger partial charge in [-0.25, -0.2) is 0 Å². The van der Waals surface area contributed by atoms with Crippen molar-refractivity contribution in [2.45, 2.75) is 37.8 Å². The summed E-state index contributed by atoms with van der Waals surface area (Å²) in [5, 5.41) is 12.1. The summed E-state index contributed by atoms with van der Waals surface area (Å²) in [7, 11) is 3.58. The Hall–Kier alpha value is 1.56. The largest absolute Gasteiger partial charge is 1.00 e. The quantitative estimate of drug-likeness (QED) is 0.368. The molecule has 11 heavy (non-hydrogen) atoms. The van der Waals surface area contributed by atoms with Gasteiger partial charge in [0.15, 0.2) is 0 Å². The van der Waals surface area contributed by atoms with E-state index in [0.717, 1.165) is 19.3 Å². The standard InChI is InChI=1S/C7H14NO.CH3.K/c1-8-6-3-2-4-7(9)5-6;;/h6-9H,1-5H2;1H3;/q2*-1;+1. The van der Waals surface area contributed by atoms with Gasteiger partial charge in [0.25, 0.3) is 0 Å². The normalized spacial score (nSPS) is 30.0. The van der Waals surface area contributed by atoms with Crippen LogP contribution in [0.1, 0.15) is 25.7 Å². The molecule has 0 spiro atoms. The van der Waals surface area contributed by atoms with Gasteiger partial charge in [-0.3, -0.25) is 7.05 Å². The average molecular weight is 182 g/mol. The summed E-state index contributed by atoms with van der Waals surface area (Å²) in [6, 6.07) is 0.453. The Morgan fingerprint density at radius 1 is 1.36 bits per heavy atom. The average Bonchev–Trinajstić information content (AvgIpc) is 1.88. The number of rotatable bonds is 1. The van der Waals surface area contributed by atoms with E-state index in [9.17, 15) is 0 Å². The fourth-order valence-corrected chi connectivity index (χ4v) is 1.35. The van der Waals surface area contributed by atoms with Crippen molar-refractivity contribution in [3.05, 3.63) is 14.5 Å². The Labute approximate surface area is 113 Å². The Morgan fingerprint density at radius 3 is 2.36 bits per heavy atom. The predicted octanol–water partition coefficient (Wildman–Crippen LogP) is -1.87. The van der Waals surface area contributed by atoms with Crippen LogP contribution in [0.2, 0.25) is 0 Å². The van der Waals surface area contributed by atoms with Crippen molar-refractivity contribution in [3.8, 4) is 0 Å². The van der Waals surface area contributed by atoms with Gasteiger partial charge in [0.2, 0.25) is 0 Å². The fourth-order valence-electron chi connectivity index (χ4n) is 1.35. The maximum absolute atomic E-state index is 9.14. The third kappa shape index (κ3) is 5.74. The van der Waals surface area contributed by atoms with Crippen LogP contribution in [-0.2, 0) is 0 Å². The van der Waals surface area contributed by atoms with Crippen LogP contribution < -0.4 is 56.7 Å². The summed E-state index contributed by atoms with van der Waals surface area (Å²) in [5.41, 5.74) is 0. The SMILES string of the molecule is [CH2-]NC1CCCC(O)C1.[CH3-].[K+]. The van der Waals surface area contributed by atoms with E-state index in [4.69, 9.17) is 5.11 Å². The molecule has 0 aliphatic heterocycles. The molecule has 0 aromatic heterocycles. The molecule has 3 heteroatoms. The number of aliphatic hydroxyl groups excluding tert-OH is 1. The minimum atomic E-state index is -0.0852. The van der Waals surface area contributed by atoms with Crippen molar-refractivity contribution >= 4 is 0 Å². The van der Waals surface area contributed by atoms with Gasteiger partial charge in [-0.05, 0) is 31.7 Å². The topological polar surface area (TPSA) is 32.3 Å². The van der Waals surface area contributed by atoms with E-state index in [1.54, 1.807) is 0 Å². The zero-order valence-corrected chi connectivity index (χ0v) is 10.8. The number of hydrogen-bond donors (Lipinski definition) is 2. The molecule has 0 aromatic rings. The van der Waals surface area contributed by atoms with E-state index < -0.39 is 0 Å². The molecule has 0 aromatic carbocycles. The first-order valence-electron chi connectivity index (χ1n) is 3.53. The molecule has 0 heterocycles. The first kappa shape index (κ1) is 15.0. The van der Waals surface area contributed by atoms with Crippen molar-refractivity contribution < 1.29 is 56.5 Å². The van der Waals surface area contributed by atoms with Gasteiger partial charge in [-0.15, -0.1) is 0 Å². The number of hydrogen-bond acceptors (Lipinski definition) is 2. The third-order valence-electron chi connectivity index (χ3n) is 1.94. The fraction of sp³-hybridized carbons (Fsp3) is 0.750. The van der Waals surface area contributed by atoms with Crippen molar-refractivity contribution in [1.82, 2.24) is 5.32 Å². The molecule has 0 saturated heterocycles. The Kier molecular flexibility index (Phi) is 11.2. The third-order valence-corrected chi connectivity index (χ3v) is 1.94. The molecule has 2 nitrogen and oxygen atoms in total. The molecule has 2 atom stereocenters. The Morgan fingerprint density at radius 2 is 2.00 bits per heavy atom. The van der Waals surface area contributed by atoms with Gasteiger partial charge in [0.1, 0.15) is 0 Å². The van der Waals surface area contributed by atoms with Crippen molar-refractivity contribution in [2.24, 2.45) is 0 Å². The molecule has 0 radical (unpaired) electrons. The zero-order chi connectivity index (χ0) is 6.69. The van der Waals surface area contributed by atoms with Crippen LogP contribution >= 0.6 is 0 Å². The van der Waals surface area contributed by atoms with Gasteiger partial charge in [0.05, 0.1) is 6.10 Å². The smallest absolute Gasteiger partial charge is 0.470 e. The molecular formula is C8H17KNO-. The predicted molar refractivity (Wildman–Crippen MR) is 43.2 cm³/mol. The summed E-state index contributed by atoms with van der Waals surface area (Å²) in [6.45, 7) is 0. The van der Waals surface area contributed by atoms with Crippen LogP contribution in [0.3, 0.4) is 0 Å². The Bertz CT molecular complexity index is 90.2. The van der Waals surface area contributed by atoms with Gasteiger partial charge in [0, 0.05) is 0 Å². The van der Waals surface area contributed by atoms with Crippen LogP contribution in [0.25, 0.3) is 0 Å². The maximum Gasteiger partial charge on any atom is 1.00 e. The first-order chi connectivity index (χ1) is 4.33. The van der Waals surface area contributed by atoms with Crippen LogP contribution in [0, 0.1) is 14.5 Å². The molecule has 1 rings (SSSR count). The van der Waals surface area contributed by atoms with E-state index in [0.29, 0.717) is 6.04 Å². The van der Waals surface area contributed by atoms with E-state index >= 15 is 0 Å². The molecule has 0 bridgehead atoms. The molecule has 0 amide bonds. The van der Waals surface area contributed by atoms with Gasteiger partial charge < -0.3 is 17.8 Å². The van der Waals surface area contributed by atoms with Crippen LogP contribution in [-0.4, -0.2) is 17.3 Å². The zero-order valence-electron chi connectivity index (χ0n) is 7.64. The van der Waals surface area contributed by atoms with E-state index in [2.05, 4.69) is 12.4 Å². The molecule has 1 aliphatic carbocycles. The molecule has 2 unspecified atom stereocenters.